The highest BCUT2D eigenvalue weighted by Gasteiger charge is 2.22. The molecule has 1 aliphatic heterocycles. The number of aromatic nitrogens is 1. The van der Waals surface area contributed by atoms with Crippen LogP contribution in [-0.2, 0) is 9.53 Å². The zero-order valence-electron chi connectivity index (χ0n) is 20.3. The number of benzene rings is 3. The van der Waals surface area contributed by atoms with Crippen molar-refractivity contribution >= 4 is 43.4 Å². The first kappa shape index (κ1) is 23.7. The molecule has 4 aromatic rings. The van der Waals surface area contributed by atoms with Crippen LogP contribution in [0.3, 0.4) is 0 Å². The van der Waals surface area contributed by atoms with E-state index in [1.54, 1.807) is 16.2 Å². The standard InChI is InChI=1S/C28H31N3O3S/c1-20-16-21(2)27-25(17-20)29-28(35-27)31(11-5-10-30-12-14-33-15-13-30)26(32)19-34-24-9-8-22-6-3-4-7-23(22)18-24/h3-4,6-9,16-18H,5,10-15,19H2,1-2H3. The highest BCUT2D eigenvalue weighted by Crippen LogP contribution is 2.32. The number of fused-ring (bicyclic) bond motifs is 2. The molecule has 0 saturated carbocycles. The average Bonchev–Trinajstić information content (AvgIpc) is 3.29. The predicted molar refractivity (Wildman–Crippen MR) is 143 cm³/mol. The summed E-state index contributed by atoms with van der Waals surface area (Å²) in [6.07, 6.45) is 0.871. The zero-order valence-corrected chi connectivity index (χ0v) is 21.1. The number of thiazole rings is 1. The van der Waals surface area contributed by atoms with Crippen molar-refractivity contribution in [3.05, 3.63) is 65.7 Å². The van der Waals surface area contributed by atoms with Crippen LogP contribution in [0.4, 0.5) is 5.13 Å². The van der Waals surface area contributed by atoms with Crippen molar-refractivity contribution in [2.75, 3.05) is 50.9 Å². The SMILES string of the molecule is Cc1cc(C)c2sc(N(CCCN3CCOCC3)C(=O)COc3ccc4ccccc4c3)nc2c1. The van der Waals surface area contributed by atoms with E-state index < -0.39 is 0 Å². The van der Waals surface area contributed by atoms with Crippen molar-refractivity contribution in [2.45, 2.75) is 20.3 Å². The number of hydrogen-bond donors (Lipinski definition) is 0. The minimum Gasteiger partial charge on any atom is -0.484 e. The lowest BCUT2D eigenvalue weighted by atomic mass is 10.1. The Morgan fingerprint density at radius 3 is 2.71 bits per heavy atom. The Bertz CT molecular complexity index is 1330. The molecule has 1 aliphatic rings. The third-order valence-electron chi connectivity index (χ3n) is 6.38. The third kappa shape index (κ3) is 5.64. The second-order valence-electron chi connectivity index (χ2n) is 9.08. The van der Waals surface area contributed by atoms with Crippen LogP contribution in [0.5, 0.6) is 5.75 Å². The molecule has 6 nitrogen and oxygen atoms in total. The van der Waals surface area contributed by atoms with E-state index in [0.29, 0.717) is 12.3 Å². The van der Waals surface area contributed by atoms with Gasteiger partial charge in [0.1, 0.15) is 5.75 Å². The van der Waals surface area contributed by atoms with Crippen LogP contribution in [-0.4, -0.2) is 61.8 Å². The van der Waals surface area contributed by atoms with Gasteiger partial charge in [0.05, 0.1) is 23.4 Å². The van der Waals surface area contributed by atoms with Gasteiger partial charge in [-0.3, -0.25) is 14.6 Å². The van der Waals surface area contributed by atoms with E-state index in [9.17, 15) is 4.79 Å². The maximum absolute atomic E-state index is 13.4. The second kappa shape index (κ2) is 10.7. The lowest BCUT2D eigenvalue weighted by Gasteiger charge is -2.27. The molecule has 1 fully saturated rings. The molecule has 2 heterocycles. The van der Waals surface area contributed by atoms with Gasteiger partial charge in [0, 0.05) is 26.2 Å². The maximum atomic E-state index is 13.4. The van der Waals surface area contributed by atoms with Crippen molar-refractivity contribution in [3.8, 4) is 5.75 Å². The molecular weight excluding hydrogens is 458 g/mol. The zero-order chi connectivity index (χ0) is 24.2. The lowest BCUT2D eigenvalue weighted by Crippen LogP contribution is -2.40. The summed E-state index contributed by atoms with van der Waals surface area (Å²) in [5, 5.41) is 2.98. The number of rotatable bonds is 8. The van der Waals surface area contributed by atoms with Crippen molar-refractivity contribution in [2.24, 2.45) is 0 Å². The van der Waals surface area contributed by atoms with Crippen LogP contribution in [0.25, 0.3) is 21.0 Å². The van der Waals surface area contributed by atoms with Gasteiger partial charge in [-0.2, -0.15) is 0 Å². The molecular formula is C28H31N3O3S. The number of morpholine rings is 1. The van der Waals surface area contributed by atoms with Crippen molar-refractivity contribution < 1.29 is 14.3 Å². The number of nitrogens with zero attached hydrogens (tertiary/aromatic N) is 3. The molecule has 0 aliphatic carbocycles. The fraction of sp³-hybridized carbons (Fsp3) is 0.357. The minimum absolute atomic E-state index is 0.0240. The molecule has 35 heavy (non-hydrogen) atoms. The topological polar surface area (TPSA) is 54.9 Å². The van der Waals surface area contributed by atoms with E-state index in [2.05, 4.69) is 36.9 Å². The van der Waals surface area contributed by atoms with Crippen LogP contribution in [0.1, 0.15) is 17.5 Å². The lowest BCUT2D eigenvalue weighted by molar-refractivity contribution is -0.120. The largest absolute Gasteiger partial charge is 0.484 e. The summed E-state index contributed by atoms with van der Waals surface area (Å²) in [5.74, 6) is 0.620. The third-order valence-corrected chi connectivity index (χ3v) is 7.61. The van der Waals surface area contributed by atoms with Gasteiger partial charge >= 0.3 is 0 Å². The average molecular weight is 490 g/mol. The molecule has 7 heteroatoms. The van der Waals surface area contributed by atoms with Crippen molar-refractivity contribution in [1.82, 2.24) is 9.88 Å². The van der Waals surface area contributed by atoms with E-state index in [1.807, 2.05) is 36.4 Å². The molecule has 1 aromatic heterocycles. The maximum Gasteiger partial charge on any atom is 0.266 e. The van der Waals surface area contributed by atoms with E-state index in [-0.39, 0.29) is 12.5 Å². The summed E-state index contributed by atoms with van der Waals surface area (Å²) < 4.78 is 12.5. The van der Waals surface area contributed by atoms with E-state index >= 15 is 0 Å². The molecule has 0 unspecified atom stereocenters. The fourth-order valence-electron chi connectivity index (χ4n) is 4.56. The first-order chi connectivity index (χ1) is 17.1. The van der Waals surface area contributed by atoms with Gasteiger partial charge in [-0.25, -0.2) is 4.98 Å². The van der Waals surface area contributed by atoms with Crippen LogP contribution in [0.15, 0.2) is 54.6 Å². The van der Waals surface area contributed by atoms with E-state index in [0.717, 1.165) is 65.4 Å². The Labute approximate surface area is 210 Å². The Morgan fingerprint density at radius 1 is 1.09 bits per heavy atom. The number of carbonyl (C=O) groups is 1. The smallest absolute Gasteiger partial charge is 0.266 e. The number of aryl methyl sites for hydroxylation is 2. The normalized spacial score (nSPS) is 14.5. The summed E-state index contributed by atoms with van der Waals surface area (Å²) in [6, 6.07) is 18.3. The summed E-state index contributed by atoms with van der Waals surface area (Å²) in [6.45, 7) is 9.13. The van der Waals surface area contributed by atoms with Gasteiger partial charge in [0.25, 0.3) is 5.91 Å². The Morgan fingerprint density at radius 2 is 1.89 bits per heavy atom. The Kier molecular flexibility index (Phi) is 7.27. The Hall–Kier alpha value is -3.00. The van der Waals surface area contributed by atoms with Crippen LogP contribution in [0, 0.1) is 13.8 Å². The minimum atomic E-state index is -0.0754. The number of amides is 1. The van der Waals surface area contributed by atoms with E-state index in [4.69, 9.17) is 14.5 Å². The van der Waals surface area contributed by atoms with Crippen molar-refractivity contribution in [3.63, 3.8) is 0 Å². The number of carbonyl (C=O) groups excluding carboxylic acids is 1. The fourth-order valence-corrected chi connectivity index (χ4v) is 5.62. The van der Waals surface area contributed by atoms with Crippen LogP contribution >= 0.6 is 11.3 Å². The van der Waals surface area contributed by atoms with Gasteiger partial charge in [0.15, 0.2) is 11.7 Å². The summed E-state index contributed by atoms with van der Waals surface area (Å²) in [7, 11) is 0. The second-order valence-corrected chi connectivity index (χ2v) is 10.1. The highest BCUT2D eigenvalue weighted by molar-refractivity contribution is 7.22. The molecule has 0 spiro atoms. The van der Waals surface area contributed by atoms with Gasteiger partial charge in [-0.1, -0.05) is 47.7 Å². The number of anilines is 1. The van der Waals surface area contributed by atoms with Crippen LogP contribution < -0.4 is 9.64 Å². The van der Waals surface area contributed by atoms with Crippen molar-refractivity contribution in [1.29, 1.82) is 0 Å². The molecule has 0 radical (unpaired) electrons. The van der Waals surface area contributed by atoms with Gasteiger partial charge in [0.2, 0.25) is 0 Å². The van der Waals surface area contributed by atoms with E-state index in [1.165, 1.54) is 11.1 Å². The first-order valence-electron chi connectivity index (χ1n) is 12.2. The van der Waals surface area contributed by atoms with Gasteiger partial charge in [-0.15, -0.1) is 0 Å². The Balaban J connectivity index is 1.33. The predicted octanol–water partition coefficient (Wildman–Crippen LogP) is 5.20. The monoisotopic (exact) mass is 489 g/mol. The first-order valence-corrected chi connectivity index (χ1v) is 13.0. The van der Waals surface area contributed by atoms with Crippen LogP contribution in [0.2, 0.25) is 0 Å². The summed E-state index contributed by atoms with van der Waals surface area (Å²) >= 11 is 1.58. The molecule has 3 aromatic carbocycles. The number of ether oxygens (including phenoxy) is 2. The highest BCUT2D eigenvalue weighted by atomic mass is 32.1. The van der Waals surface area contributed by atoms with Gasteiger partial charge in [-0.05, 0) is 60.4 Å². The molecule has 0 N–H and O–H groups in total. The summed E-state index contributed by atoms with van der Waals surface area (Å²) in [5.41, 5.74) is 3.32. The molecule has 1 amide bonds. The number of hydrogen-bond acceptors (Lipinski definition) is 6. The molecule has 1 saturated heterocycles. The molecule has 182 valence electrons. The summed E-state index contributed by atoms with van der Waals surface area (Å²) in [4.78, 5) is 22.5. The molecule has 5 rings (SSSR count). The molecule has 0 atom stereocenters. The molecule has 0 bridgehead atoms. The quantitative estimate of drug-likeness (QED) is 0.341. The van der Waals surface area contributed by atoms with Gasteiger partial charge < -0.3 is 9.47 Å².